The molecule has 2 rings (SSSR count). The first-order chi connectivity index (χ1) is 9.27. The van der Waals surface area contributed by atoms with E-state index >= 15 is 0 Å². The van der Waals surface area contributed by atoms with Crippen LogP contribution in [0.4, 0.5) is 0 Å². The van der Waals surface area contributed by atoms with E-state index in [4.69, 9.17) is 9.47 Å². The second kappa shape index (κ2) is 6.18. The molecule has 0 atom stereocenters. The van der Waals surface area contributed by atoms with Gasteiger partial charge >= 0.3 is 5.97 Å². The fourth-order valence-electron chi connectivity index (χ4n) is 1.88. The lowest BCUT2D eigenvalue weighted by Crippen LogP contribution is -2.04. The number of pyridine rings is 1. The Kier molecular flexibility index (Phi) is 4.34. The van der Waals surface area contributed by atoms with Crippen LogP contribution >= 0.6 is 0 Å². The van der Waals surface area contributed by atoms with Crippen molar-refractivity contribution in [2.24, 2.45) is 0 Å². The summed E-state index contributed by atoms with van der Waals surface area (Å²) < 4.78 is 10.5. The molecule has 1 aromatic heterocycles. The molecule has 0 aliphatic heterocycles. The standard InChI is InChI=1S/C15H17NO3/c1-3-4-10-19-13-8-7-12(15(17)18-2)11-6-5-9-16-14(11)13/h5-9H,3-4,10H2,1-2H3. The van der Waals surface area contributed by atoms with Gasteiger partial charge in [-0.2, -0.15) is 0 Å². The first-order valence-electron chi connectivity index (χ1n) is 6.36. The molecule has 0 saturated heterocycles. The number of fused-ring (bicyclic) bond motifs is 1. The minimum atomic E-state index is -0.363. The number of methoxy groups -OCH3 is 1. The topological polar surface area (TPSA) is 48.4 Å². The highest BCUT2D eigenvalue weighted by molar-refractivity contribution is 6.05. The molecule has 0 spiro atoms. The number of hydrogen-bond donors (Lipinski definition) is 0. The third-order valence-electron chi connectivity index (χ3n) is 2.89. The van der Waals surface area contributed by atoms with Gasteiger partial charge in [-0.15, -0.1) is 0 Å². The second-order valence-corrected chi connectivity index (χ2v) is 4.20. The number of hydrogen-bond acceptors (Lipinski definition) is 4. The molecule has 0 N–H and O–H groups in total. The van der Waals surface area contributed by atoms with Crippen LogP contribution in [0.5, 0.6) is 5.75 Å². The van der Waals surface area contributed by atoms with Crippen molar-refractivity contribution < 1.29 is 14.3 Å². The molecule has 0 aliphatic carbocycles. The van der Waals surface area contributed by atoms with E-state index in [1.807, 2.05) is 6.07 Å². The molecule has 0 bridgehead atoms. The Morgan fingerprint density at radius 2 is 2.16 bits per heavy atom. The lowest BCUT2D eigenvalue weighted by atomic mass is 10.1. The molecule has 0 unspecified atom stereocenters. The maximum absolute atomic E-state index is 11.7. The largest absolute Gasteiger partial charge is 0.491 e. The van der Waals surface area contributed by atoms with Crippen molar-refractivity contribution in [3.05, 3.63) is 36.0 Å². The number of esters is 1. The average Bonchev–Trinajstić information content (AvgIpc) is 2.47. The number of rotatable bonds is 5. The number of benzene rings is 1. The predicted octanol–water partition coefficient (Wildman–Crippen LogP) is 3.20. The van der Waals surface area contributed by atoms with Crippen LogP contribution < -0.4 is 4.74 Å². The van der Waals surface area contributed by atoms with Gasteiger partial charge in [0.05, 0.1) is 19.3 Å². The van der Waals surface area contributed by atoms with E-state index in [9.17, 15) is 4.79 Å². The monoisotopic (exact) mass is 259 g/mol. The van der Waals surface area contributed by atoms with Gasteiger partial charge in [-0.3, -0.25) is 4.98 Å². The van der Waals surface area contributed by atoms with Crippen molar-refractivity contribution in [2.75, 3.05) is 13.7 Å². The zero-order valence-corrected chi connectivity index (χ0v) is 11.2. The highest BCUT2D eigenvalue weighted by Crippen LogP contribution is 2.27. The summed E-state index contributed by atoms with van der Waals surface area (Å²) in [6.45, 7) is 2.76. The summed E-state index contributed by atoms with van der Waals surface area (Å²) in [5, 5.41) is 0.753. The summed E-state index contributed by atoms with van der Waals surface area (Å²) in [6.07, 6.45) is 3.76. The lowest BCUT2D eigenvalue weighted by Gasteiger charge is -2.10. The highest BCUT2D eigenvalue weighted by Gasteiger charge is 2.13. The maximum atomic E-state index is 11.7. The molecule has 0 radical (unpaired) electrons. The molecule has 1 aromatic carbocycles. The number of carbonyl (C=O) groups is 1. The van der Waals surface area contributed by atoms with Crippen LogP contribution in [0.3, 0.4) is 0 Å². The van der Waals surface area contributed by atoms with Crippen LogP contribution in [0.25, 0.3) is 10.9 Å². The first kappa shape index (κ1) is 13.3. The van der Waals surface area contributed by atoms with Crippen LogP contribution in [0.1, 0.15) is 30.1 Å². The minimum absolute atomic E-state index is 0.363. The van der Waals surface area contributed by atoms with Gasteiger partial charge in [0.1, 0.15) is 11.3 Å². The number of nitrogens with zero attached hydrogens (tertiary/aromatic N) is 1. The van der Waals surface area contributed by atoms with Crippen molar-refractivity contribution in [1.82, 2.24) is 4.98 Å². The average molecular weight is 259 g/mol. The zero-order valence-electron chi connectivity index (χ0n) is 11.2. The third-order valence-corrected chi connectivity index (χ3v) is 2.89. The fourth-order valence-corrected chi connectivity index (χ4v) is 1.88. The molecular weight excluding hydrogens is 242 g/mol. The molecule has 0 aliphatic rings. The van der Waals surface area contributed by atoms with Crippen LogP contribution in [-0.2, 0) is 4.74 Å². The van der Waals surface area contributed by atoms with Crippen LogP contribution in [0.15, 0.2) is 30.5 Å². The summed E-state index contributed by atoms with van der Waals surface area (Å²) in [6, 6.07) is 7.14. The van der Waals surface area contributed by atoms with Crippen molar-refractivity contribution in [1.29, 1.82) is 0 Å². The summed E-state index contributed by atoms with van der Waals surface area (Å²) in [5.74, 6) is 0.342. The first-order valence-corrected chi connectivity index (χ1v) is 6.36. The molecule has 0 saturated carbocycles. The molecule has 100 valence electrons. The molecular formula is C15H17NO3. The zero-order chi connectivity index (χ0) is 13.7. The molecule has 4 nitrogen and oxygen atoms in total. The lowest BCUT2D eigenvalue weighted by molar-refractivity contribution is 0.0603. The van der Waals surface area contributed by atoms with Gasteiger partial charge in [0.25, 0.3) is 0 Å². The number of ether oxygens (including phenoxy) is 2. The van der Waals surface area contributed by atoms with Gasteiger partial charge in [0, 0.05) is 11.6 Å². The Hall–Kier alpha value is -2.10. The van der Waals surface area contributed by atoms with E-state index in [-0.39, 0.29) is 5.97 Å². The summed E-state index contributed by atoms with van der Waals surface area (Å²) in [5.41, 5.74) is 1.20. The Balaban J connectivity index is 2.43. The van der Waals surface area contributed by atoms with E-state index in [1.54, 1.807) is 24.4 Å². The third kappa shape index (κ3) is 2.84. The molecule has 4 heteroatoms. The Morgan fingerprint density at radius 1 is 1.32 bits per heavy atom. The summed E-state index contributed by atoms with van der Waals surface area (Å²) in [4.78, 5) is 16.0. The van der Waals surface area contributed by atoms with Crippen LogP contribution in [0, 0.1) is 0 Å². The SMILES string of the molecule is CCCCOc1ccc(C(=O)OC)c2cccnc12. The predicted molar refractivity (Wildman–Crippen MR) is 73.5 cm³/mol. The van der Waals surface area contributed by atoms with Gasteiger partial charge in [-0.05, 0) is 24.6 Å². The van der Waals surface area contributed by atoms with E-state index in [1.165, 1.54) is 7.11 Å². The number of unbranched alkanes of at least 4 members (excludes halogenated alkanes) is 1. The number of carbonyl (C=O) groups excluding carboxylic acids is 1. The smallest absolute Gasteiger partial charge is 0.338 e. The second-order valence-electron chi connectivity index (χ2n) is 4.20. The van der Waals surface area contributed by atoms with Crippen molar-refractivity contribution in [3.8, 4) is 5.75 Å². The van der Waals surface area contributed by atoms with E-state index in [0.29, 0.717) is 23.4 Å². The molecule has 0 fully saturated rings. The van der Waals surface area contributed by atoms with Gasteiger partial charge < -0.3 is 9.47 Å². The van der Waals surface area contributed by atoms with Crippen LogP contribution in [0.2, 0.25) is 0 Å². The van der Waals surface area contributed by atoms with Crippen molar-refractivity contribution in [3.63, 3.8) is 0 Å². The highest BCUT2D eigenvalue weighted by atomic mass is 16.5. The molecule has 2 aromatic rings. The maximum Gasteiger partial charge on any atom is 0.338 e. The normalized spacial score (nSPS) is 10.4. The Morgan fingerprint density at radius 3 is 2.89 bits per heavy atom. The van der Waals surface area contributed by atoms with E-state index in [2.05, 4.69) is 11.9 Å². The summed E-state index contributed by atoms with van der Waals surface area (Å²) in [7, 11) is 1.37. The van der Waals surface area contributed by atoms with Gasteiger partial charge in [0.15, 0.2) is 0 Å². The molecule has 1 heterocycles. The van der Waals surface area contributed by atoms with Gasteiger partial charge in [-0.1, -0.05) is 19.4 Å². The minimum Gasteiger partial charge on any atom is -0.491 e. The van der Waals surface area contributed by atoms with Gasteiger partial charge in [-0.25, -0.2) is 4.79 Å². The fraction of sp³-hybridized carbons (Fsp3) is 0.333. The van der Waals surface area contributed by atoms with E-state index < -0.39 is 0 Å². The number of aromatic nitrogens is 1. The van der Waals surface area contributed by atoms with Crippen molar-refractivity contribution in [2.45, 2.75) is 19.8 Å². The Labute approximate surface area is 112 Å². The molecule has 0 amide bonds. The summed E-state index contributed by atoms with van der Waals surface area (Å²) >= 11 is 0. The van der Waals surface area contributed by atoms with Crippen molar-refractivity contribution >= 4 is 16.9 Å². The van der Waals surface area contributed by atoms with E-state index in [0.717, 1.165) is 18.2 Å². The van der Waals surface area contributed by atoms with Crippen LogP contribution in [-0.4, -0.2) is 24.7 Å². The quantitative estimate of drug-likeness (QED) is 0.611. The van der Waals surface area contributed by atoms with Gasteiger partial charge in [0.2, 0.25) is 0 Å². The Bertz CT molecular complexity index is 581. The molecule has 19 heavy (non-hydrogen) atoms.